The molecular weight excluding hydrogens is 336 g/mol. The van der Waals surface area contributed by atoms with Gasteiger partial charge in [0, 0.05) is 30.2 Å². The number of amides is 2. The fourth-order valence-corrected chi connectivity index (χ4v) is 3.64. The van der Waals surface area contributed by atoms with Crippen molar-refractivity contribution >= 4 is 23.4 Å². The maximum atomic E-state index is 12.9. The summed E-state index contributed by atoms with van der Waals surface area (Å²) in [6, 6.07) is 5.02. The number of piperidine rings is 1. The predicted octanol–water partition coefficient (Wildman–Crippen LogP) is 4.29. The number of hydrogen-bond donors (Lipinski definition) is 0. The molecule has 25 heavy (non-hydrogen) atoms. The molecule has 2 fully saturated rings. The lowest BCUT2D eigenvalue weighted by atomic mass is 9.99. The van der Waals surface area contributed by atoms with Crippen LogP contribution >= 0.6 is 11.6 Å². The van der Waals surface area contributed by atoms with Crippen molar-refractivity contribution in [2.45, 2.75) is 58.9 Å². The van der Waals surface area contributed by atoms with Gasteiger partial charge < -0.3 is 9.80 Å². The Bertz CT molecular complexity index is 612. The Kier molecular flexibility index (Phi) is 7.30. The van der Waals surface area contributed by atoms with Gasteiger partial charge in [-0.05, 0) is 62.8 Å². The molecule has 2 aliphatic rings. The van der Waals surface area contributed by atoms with Gasteiger partial charge in [-0.15, -0.1) is 0 Å². The quantitative estimate of drug-likeness (QED) is 0.785. The smallest absolute Gasteiger partial charge is 0.254 e. The molecule has 0 saturated carbocycles. The van der Waals surface area contributed by atoms with Crippen molar-refractivity contribution in [2.24, 2.45) is 0 Å². The first kappa shape index (κ1) is 19.8. The first-order valence-electron chi connectivity index (χ1n) is 9.44. The molecule has 1 atom stereocenters. The van der Waals surface area contributed by atoms with E-state index in [-0.39, 0.29) is 17.9 Å². The average Bonchev–Trinajstić information content (AvgIpc) is 3.19. The molecule has 4 nitrogen and oxygen atoms in total. The maximum Gasteiger partial charge on any atom is 0.254 e. The first-order valence-corrected chi connectivity index (χ1v) is 9.81. The summed E-state index contributed by atoms with van der Waals surface area (Å²) in [4.78, 5) is 29.4. The summed E-state index contributed by atoms with van der Waals surface area (Å²) in [6.07, 6.45) is 4.88. The van der Waals surface area contributed by atoms with Gasteiger partial charge >= 0.3 is 0 Å². The van der Waals surface area contributed by atoms with Crippen molar-refractivity contribution in [3.8, 4) is 0 Å². The molecule has 2 amide bonds. The fraction of sp³-hybridized carbons (Fsp3) is 0.600. The molecule has 0 aromatic heterocycles. The SMILES string of the molecule is CC.Cc1cc(C(=O)N2CCCC[C@@H]2C(=O)N2CCCC2)ccc1Cl. The van der Waals surface area contributed by atoms with Gasteiger partial charge in [-0.2, -0.15) is 0 Å². The van der Waals surface area contributed by atoms with Crippen LogP contribution in [-0.2, 0) is 4.79 Å². The number of carbonyl (C=O) groups is 2. The third-order valence-corrected chi connectivity index (χ3v) is 5.30. The van der Waals surface area contributed by atoms with Crippen LogP contribution in [0.4, 0.5) is 0 Å². The van der Waals surface area contributed by atoms with E-state index in [2.05, 4.69) is 0 Å². The molecule has 2 saturated heterocycles. The minimum Gasteiger partial charge on any atom is -0.341 e. The maximum absolute atomic E-state index is 12.9. The molecule has 1 aromatic carbocycles. The Hall–Kier alpha value is -1.55. The van der Waals surface area contributed by atoms with Crippen LogP contribution in [0, 0.1) is 6.92 Å². The molecule has 138 valence electrons. The highest BCUT2D eigenvalue weighted by atomic mass is 35.5. The molecular formula is C20H29ClN2O2. The van der Waals surface area contributed by atoms with Crippen molar-refractivity contribution in [1.82, 2.24) is 9.80 Å². The van der Waals surface area contributed by atoms with Gasteiger partial charge in [-0.1, -0.05) is 25.4 Å². The van der Waals surface area contributed by atoms with Gasteiger partial charge in [-0.3, -0.25) is 9.59 Å². The normalized spacial score (nSPS) is 20.1. The van der Waals surface area contributed by atoms with Crippen LogP contribution in [-0.4, -0.2) is 47.3 Å². The minimum atomic E-state index is -0.301. The van der Waals surface area contributed by atoms with E-state index in [4.69, 9.17) is 11.6 Å². The zero-order valence-corrected chi connectivity index (χ0v) is 16.3. The Balaban J connectivity index is 0.00000109. The van der Waals surface area contributed by atoms with Crippen LogP contribution in [0.15, 0.2) is 18.2 Å². The summed E-state index contributed by atoms with van der Waals surface area (Å²) >= 11 is 6.05. The van der Waals surface area contributed by atoms with E-state index in [1.54, 1.807) is 17.0 Å². The second-order valence-corrected chi connectivity index (χ2v) is 6.91. The monoisotopic (exact) mass is 364 g/mol. The highest BCUT2D eigenvalue weighted by Crippen LogP contribution is 2.24. The molecule has 0 bridgehead atoms. The van der Waals surface area contributed by atoms with Crippen molar-refractivity contribution < 1.29 is 9.59 Å². The van der Waals surface area contributed by atoms with E-state index >= 15 is 0 Å². The summed E-state index contributed by atoms with van der Waals surface area (Å²) in [7, 11) is 0. The van der Waals surface area contributed by atoms with Gasteiger partial charge in [0.25, 0.3) is 5.91 Å². The van der Waals surface area contributed by atoms with Crippen LogP contribution in [0.3, 0.4) is 0 Å². The van der Waals surface area contributed by atoms with Crippen molar-refractivity contribution in [1.29, 1.82) is 0 Å². The number of hydrogen-bond acceptors (Lipinski definition) is 2. The summed E-state index contributed by atoms with van der Waals surface area (Å²) in [6.45, 7) is 8.21. The van der Waals surface area contributed by atoms with E-state index in [0.717, 1.165) is 50.8 Å². The number of likely N-dealkylation sites (tertiary alicyclic amines) is 2. The van der Waals surface area contributed by atoms with Gasteiger partial charge in [-0.25, -0.2) is 0 Å². The molecule has 0 N–H and O–H groups in total. The standard InChI is InChI=1S/C18H23ClN2O2.C2H6/c1-13-12-14(7-8-15(13)19)17(22)21-11-3-2-6-16(21)18(23)20-9-4-5-10-20;1-2/h7-8,12,16H,2-6,9-11H2,1H3;1-2H3/t16-;/m1./s1. The Morgan fingerprint density at radius 2 is 1.68 bits per heavy atom. The molecule has 0 radical (unpaired) electrons. The van der Waals surface area contributed by atoms with E-state index in [1.807, 2.05) is 31.7 Å². The van der Waals surface area contributed by atoms with Gasteiger partial charge in [0.2, 0.25) is 5.91 Å². The highest BCUT2D eigenvalue weighted by Gasteiger charge is 2.35. The van der Waals surface area contributed by atoms with E-state index < -0.39 is 0 Å². The topological polar surface area (TPSA) is 40.6 Å². The van der Waals surface area contributed by atoms with E-state index in [9.17, 15) is 9.59 Å². The number of halogens is 1. The molecule has 2 heterocycles. The van der Waals surface area contributed by atoms with Gasteiger partial charge in [0.1, 0.15) is 6.04 Å². The summed E-state index contributed by atoms with van der Waals surface area (Å²) in [5.41, 5.74) is 1.50. The van der Waals surface area contributed by atoms with Crippen molar-refractivity contribution in [3.63, 3.8) is 0 Å². The first-order chi connectivity index (χ1) is 12.1. The summed E-state index contributed by atoms with van der Waals surface area (Å²) < 4.78 is 0. The van der Waals surface area contributed by atoms with Crippen LogP contribution in [0.25, 0.3) is 0 Å². The van der Waals surface area contributed by atoms with Crippen LogP contribution in [0.1, 0.15) is 61.9 Å². The Morgan fingerprint density at radius 3 is 2.32 bits per heavy atom. The third kappa shape index (κ3) is 4.55. The molecule has 5 heteroatoms. The number of carbonyl (C=O) groups excluding carboxylic acids is 2. The predicted molar refractivity (Wildman–Crippen MR) is 102 cm³/mol. The second-order valence-electron chi connectivity index (χ2n) is 6.51. The Morgan fingerprint density at radius 1 is 1.04 bits per heavy atom. The largest absolute Gasteiger partial charge is 0.341 e. The Labute approximate surface area is 156 Å². The van der Waals surface area contributed by atoms with E-state index in [1.165, 1.54) is 0 Å². The molecule has 0 spiro atoms. The van der Waals surface area contributed by atoms with E-state index in [0.29, 0.717) is 17.1 Å². The number of nitrogens with zero attached hydrogens (tertiary/aromatic N) is 2. The lowest BCUT2D eigenvalue weighted by molar-refractivity contribution is -0.136. The molecule has 3 rings (SSSR count). The lowest BCUT2D eigenvalue weighted by Crippen LogP contribution is -2.52. The van der Waals surface area contributed by atoms with Crippen LogP contribution in [0.5, 0.6) is 0 Å². The molecule has 2 aliphatic heterocycles. The fourth-order valence-electron chi connectivity index (χ4n) is 3.52. The number of rotatable bonds is 2. The third-order valence-electron chi connectivity index (χ3n) is 4.87. The number of benzene rings is 1. The summed E-state index contributed by atoms with van der Waals surface area (Å²) in [5, 5.41) is 0.657. The molecule has 1 aromatic rings. The van der Waals surface area contributed by atoms with Gasteiger partial charge in [0.15, 0.2) is 0 Å². The zero-order valence-electron chi connectivity index (χ0n) is 15.6. The molecule has 0 aliphatic carbocycles. The second kappa shape index (κ2) is 9.23. The van der Waals surface area contributed by atoms with Crippen molar-refractivity contribution in [3.05, 3.63) is 34.3 Å². The van der Waals surface area contributed by atoms with Gasteiger partial charge in [0.05, 0.1) is 0 Å². The highest BCUT2D eigenvalue weighted by molar-refractivity contribution is 6.31. The minimum absolute atomic E-state index is 0.0537. The van der Waals surface area contributed by atoms with Crippen LogP contribution < -0.4 is 0 Å². The lowest BCUT2D eigenvalue weighted by Gasteiger charge is -2.36. The summed E-state index contributed by atoms with van der Waals surface area (Å²) in [5.74, 6) is 0.0725. The average molecular weight is 365 g/mol. The number of aryl methyl sites for hydroxylation is 1. The van der Waals surface area contributed by atoms with Crippen LogP contribution in [0.2, 0.25) is 5.02 Å². The zero-order chi connectivity index (χ0) is 18.4. The van der Waals surface area contributed by atoms with Crippen molar-refractivity contribution in [2.75, 3.05) is 19.6 Å². The molecule has 0 unspecified atom stereocenters.